The maximum atomic E-state index is 12.9. The smallest absolute Gasteiger partial charge is 0.410 e. The van der Waals surface area contributed by atoms with Crippen LogP contribution in [0, 0.1) is 5.92 Å². The van der Waals surface area contributed by atoms with Gasteiger partial charge < -0.3 is 15.0 Å². The number of nitrogens with zero attached hydrogens (tertiary/aromatic N) is 1. The van der Waals surface area contributed by atoms with Gasteiger partial charge in [0.1, 0.15) is 5.60 Å². The average molecular weight is 385 g/mol. The number of hydrogen-bond acceptors (Lipinski definition) is 3. The standard InChI is InChI=1S/C24H36N2O2/c1-18(14-19-10-6-5-7-11-19)16-25-17-21-15-20-12-8-9-13-22(20)26(21)23(27)28-24(2,3)4/h5-7,10-11,14,20-22,25H,8-9,12-13,15-17H2,1-4H3/t20-,21+,22-/m0/s1. The Morgan fingerprint density at radius 2 is 1.93 bits per heavy atom. The van der Waals surface area contributed by atoms with Crippen molar-refractivity contribution in [3.8, 4) is 0 Å². The van der Waals surface area contributed by atoms with Gasteiger partial charge in [0.15, 0.2) is 0 Å². The van der Waals surface area contributed by atoms with Crippen molar-refractivity contribution >= 4 is 12.2 Å². The fourth-order valence-electron chi connectivity index (χ4n) is 4.66. The van der Waals surface area contributed by atoms with Gasteiger partial charge in [0, 0.05) is 25.2 Å². The summed E-state index contributed by atoms with van der Waals surface area (Å²) >= 11 is 0. The second-order valence-corrected chi connectivity index (χ2v) is 9.42. The van der Waals surface area contributed by atoms with E-state index >= 15 is 0 Å². The van der Waals surface area contributed by atoms with Crippen molar-refractivity contribution in [1.82, 2.24) is 10.2 Å². The van der Waals surface area contributed by atoms with Gasteiger partial charge in [0.2, 0.25) is 0 Å². The van der Waals surface area contributed by atoms with Gasteiger partial charge >= 0.3 is 6.09 Å². The second-order valence-electron chi connectivity index (χ2n) is 9.42. The number of hydrogen-bond donors (Lipinski definition) is 1. The van der Waals surface area contributed by atoms with Crippen LogP contribution in [0.3, 0.4) is 0 Å². The Hall–Kier alpha value is -1.81. The molecule has 4 heteroatoms. The van der Waals surface area contributed by atoms with E-state index in [-0.39, 0.29) is 12.1 Å². The predicted molar refractivity (Wildman–Crippen MR) is 115 cm³/mol. The van der Waals surface area contributed by atoms with Gasteiger partial charge in [-0.3, -0.25) is 0 Å². The van der Waals surface area contributed by atoms with Crippen LogP contribution in [0.2, 0.25) is 0 Å². The third-order valence-electron chi connectivity index (χ3n) is 5.80. The van der Waals surface area contributed by atoms with Crippen molar-refractivity contribution in [3.63, 3.8) is 0 Å². The number of carbonyl (C=O) groups is 1. The molecule has 1 aromatic rings. The van der Waals surface area contributed by atoms with Crippen LogP contribution in [0.4, 0.5) is 4.79 Å². The third-order valence-corrected chi connectivity index (χ3v) is 5.80. The number of amides is 1. The molecule has 1 aliphatic carbocycles. The maximum Gasteiger partial charge on any atom is 0.410 e. The number of nitrogens with one attached hydrogen (secondary N) is 1. The van der Waals surface area contributed by atoms with Gasteiger partial charge in [-0.1, -0.05) is 54.8 Å². The van der Waals surface area contributed by atoms with E-state index in [2.05, 4.69) is 47.5 Å². The van der Waals surface area contributed by atoms with Crippen molar-refractivity contribution in [2.75, 3.05) is 13.1 Å². The maximum absolute atomic E-state index is 12.9. The summed E-state index contributed by atoms with van der Waals surface area (Å²) in [5.41, 5.74) is 2.08. The Bertz CT molecular complexity index is 678. The molecule has 0 unspecified atom stereocenters. The van der Waals surface area contributed by atoms with E-state index in [0.29, 0.717) is 12.0 Å². The fraction of sp³-hybridized carbons (Fsp3) is 0.625. The normalized spacial score (nSPS) is 25.5. The molecular weight excluding hydrogens is 348 g/mol. The topological polar surface area (TPSA) is 41.6 Å². The molecule has 28 heavy (non-hydrogen) atoms. The lowest BCUT2D eigenvalue weighted by molar-refractivity contribution is 0.0105. The number of rotatable bonds is 5. The van der Waals surface area contributed by atoms with Crippen LogP contribution in [-0.4, -0.2) is 41.8 Å². The highest BCUT2D eigenvalue weighted by Crippen LogP contribution is 2.40. The molecule has 2 fully saturated rings. The lowest BCUT2D eigenvalue weighted by Gasteiger charge is -2.35. The molecule has 2 aliphatic rings. The number of carbonyl (C=O) groups excluding carboxylic acids is 1. The van der Waals surface area contributed by atoms with Crippen LogP contribution < -0.4 is 5.32 Å². The lowest BCUT2D eigenvalue weighted by atomic mass is 9.85. The first-order valence-corrected chi connectivity index (χ1v) is 10.8. The predicted octanol–water partition coefficient (Wildman–Crippen LogP) is 5.25. The third kappa shape index (κ3) is 5.60. The minimum absolute atomic E-state index is 0.134. The second kappa shape index (κ2) is 9.13. The first kappa shape index (κ1) is 20.9. The zero-order valence-electron chi connectivity index (χ0n) is 17.9. The molecule has 1 aromatic carbocycles. The molecule has 0 radical (unpaired) electrons. The Balaban J connectivity index is 1.60. The van der Waals surface area contributed by atoms with Gasteiger partial charge in [-0.15, -0.1) is 0 Å². The highest BCUT2D eigenvalue weighted by Gasteiger charge is 2.45. The molecule has 1 amide bonds. The van der Waals surface area contributed by atoms with Crippen LogP contribution in [-0.2, 0) is 4.74 Å². The Kier molecular flexibility index (Phi) is 6.82. The van der Waals surface area contributed by atoms with Crippen molar-refractivity contribution in [2.24, 2.45) is 5.92 Å². The number of fused-ring (bicyclic) bond motifs is 1. The van der Waals surface area contributed by atoms with Crippen molar-refractivity contribution < 1.29 is 9.53 Å². The van der Waals surface area contributed by atoms with Crippen LogP contribution >= 0.6 is 0 Å². The zero-order chi connectivity index (χ0) is 20.1. The van der Waals surface area contributed by atoms with E-state index in [1.165, 1.54) is 30.4 Å². The Labute approximate surface area is 170 Å². The molecule has 1 heterocycles. The zero-order valence-corrected chi connectivity index (χ0v) is 17.9. The Morgan fingerprint density at radius 3 is 2.64 bits per heavy atom. The molecule has 1 aliphatic heterocycles. The van der Waals surface area contributed by atoms with Crippen molar-refractivity contribution in [1.29, 1.82) is 0 Å². The summed E-state index contributed by atoms with van der Waals surface area (Å²) in [6.07, 6.45) is 8.05. The molecule has 1 saturated heterocycles. The highest BCUT2D eigenvalue weighted by atomic mass is 16.6. The summed E-state index contributed by atoms with van der Waals surface area (Å²) in [5.74, 6) is 0.633. The number of likely N-dealkylation sites (tertiary alicyclic amines) is 1. The van der Waals surface area contributed by atoms with E-state index in [4.69, 9.17) is 4.74 Å². The number of ether oxygens (including phenoxy) is 1. The molecule has 1 N–H and O–H groups in total. The van der Waals surface area contributed by atoms with Crippen molar-refractivity contribution in [2.45, 2.75) is 77.5 Å². The van der Waals surface area contributed by atoms with Crippen LogP contribution in [0.1, 0.15) is 65.4 Å². The monoisotopic (exact) mass is 384 g/mol. The van der Waals surface area contributed by atoms with E-state index in [9.17, 15) is 4.79 Å². The molecule has 154 valence electrons. The quantitative estimate of drug-likeness (QED) is 0.754. The first-order valence-electron chi connectivity index (χ1n) is 10.8. The van der Waals surface area contributed by atoms with E-state index in [0.717, 1.165) is 25.9 Å². The molecule has 0 aromatic heterocycles. The largest absolute Gasteiger partial charge is 0.444 e. The van der Waals surface area contributed by atoms with E-state index < -0.39 is 5.60 Å². The summed E-state index contributed by atoms with van der Waals surface area (Å²) in [5, 5.41) is 3.59. The fourth-order valence-corrected chi connectivity index (χ4v) is 4.66. The summed E-state index contributed by atoms with van der Waals surface area (Å²) in [4.78, 5) is 15.0. The SMILES string of the molecule is CC(=Cc1ccccc1)CNC[C@H]1C[C@@H]2CCCC[C@@H]2N1C(=O)OC(C)(C)C. The average Bonchev–Trinajstić information content (AvgIpc) is 2.99. The Morgan fingerprint density at radius 1 is 1.21 bits per heavy atom. The van der Waals surface area contributed by atoms with Gasteiger partial charge in [-0.25, -0.2) is 4.79 Å². The van der Waals surface area contributed by atoms with Crippen LogP contribution in [0.5, 0.6) is 0 Å². The molecular formula is C24H36N2O2. The lowest BCUT2D eigenvalue weighted by Crippen LogP contribution is -2.48. The molecule has 3 rings (SSSR count). The molecule has 0 spiro atoms. The minimum Gasteiger partial charge on any atom is -0.444 e. The van der Waals surface area contributed by atoms with E-state index in [1.54, 1.807) is 0 Å². The minimum atomic E-state index is -0.448. The molecule has 4 nitrogen and oxygen atoms in total. The van der Waals surface area contributed by atoms with Crippen molar-refractivity contribution in [3.05, 3.63) is 41.5 Å². The number of benzene rings is 1. The summed E-state index contributed by atoms with van der Waals surface area (Å²) < 4.78 is 5.76. The summed E-state index contributed by atoms with van der Waals surface area (Å²) in [7, 11) is 0. The molecule has 1 saturated carbocycles. The van der Waals surface area contributed by atoms with Gasteiger partial charge in [-0.2, -0.15) is 0 Å². The van der Waals surface area contributed by atoms with Crippen LogP contribution in [0.15, 0.2) is 35.9 Å². The summed E-state index contributed by atoms with van der Waals surface area (Å²) in [6, 6.07) is 11.0. The van der Waals surface area contributed by atoms with E-state index in [1.807, 2.05) is 26.8 Å². The van der Waals surface area contributed by atoms with Gasteiger partial charge in [-0.05, 0) is 58.4 Å². The molecule has 0 bridgehead atoms. The highest BCUT2D eigenvalue weighted by molar-refractivity contribution is 5.69. The van der Waals surface area contributed by atoms with Gasteiger partial charge in [0.05, 0.1) is 0 Å². The molecule has 3 atom stereocenters. The van der Waals surface area contributed by atoms with Gasteiger partial charge in [0.25, 0.3) is 0 Å². The summed E-state index contributed by atoms with van der Waals surface area (Å²) in [6.45, 7) is 9.66. The first-order chi connectivity index (χ1) is 13.3. The van der Waals surface area contributed by atoms with Crippen LogP contribution in [0.25, 0.3) is 6.08 Å².